The van der Waals surface area contributed by atoms with E-state index in [1.54, 1.807) is 0 Å². The molecule has 6 heteroatoms. The maximum atomic E-state index is 14.7. The van der Waals surface area contributed by atoms with E-state index in [9.17, 15) is 9.59 Å². The van der Waals surface area contributed by atoms with E-state index in [0.29, 0.717) is 6.61 Å². The van der Waals surface area contributed by atoms with Crippen LogP contribution in [0.15, 0.2) is 0 Å². The summed E-state index contributed by atoms with van der Waals surface area (Å²) in [5.41, 5.74) is -2.73. The Bertz CT molecular complexity index is 627. The molecule has 1 rings (SSSR count). The smallest absolute Gasteiger partial charge is 0.233 e. The molecule has 1 aliphatic carbocycles. The summed E-state index contributed by atoms with van der Waals surface area (Å²) in [6, 6.07) is 0. The predicted octanol–water partition coefficient (Wildman–Crippen LogP) is 6.85. The van der Waals surface area contributed by atoms with E-state index in [0.717, 1.165) is 32.1 Å². The van der Waals surface area contributed by atoms with Crippen molar-refractivity contribution < 1.29 is 19.1 Å². The largest absolute Gasteiger partial charge is 0.381 e. The number of rotatable bonds is 13. The molecule has 182 valence electrons. The summed E-state index contributed by atoms with van der Waals surface area (Å²) < 4.78 is 11.8. The van der Waals surface area contributed by atoms with Gasteiger partial charge in [0.05, 0.1) is 17.4 Å². The lowest BCUT2D eigenvalue weighted by Gasteiger charge is -2.56. The fraction of sp³-hybridized carbons (Fsp3) is 0.920. The number of alkyl halides is 1. The highest BCUT2D eigenvalue weighted by Crippen LogP contribution is 2.61. The molecule has 0 spiro atoms. The molecule has 0 saturated heterocycles. The fourth-order valence-corrected chi connectivity index (χ4v) is 7.27. The fourth-order valence-electron chi connectivity index (χ4n) is 6.09. The average molecular weight is 480 g/mol. The molecule has 0 aromatic rings. The summed E-state index contributed by atoms with van der Waals surface area (Å²) in [7, 11) is 1.43. The Kier molecular flexibility index (Phi) is 10.1. The van der Waals surface area contributed by atoms with Crippen LogP contribution in [0.2, 0.25) is 0 Å². The van der Waals surface area contributed by atoms with E-state index in [1.807, 2.05) is 34.6 Å². The number of hydrogen-bond donors (Lipinski definition) is 0. The average Bonchev–Trinajstić information content (AvgIpc) is 3.22. The predicted molar refractivity (Wildman–Crippen MR) is 129 cm³/mol. The lowest BCUT2D eigenvalue weighted by Crippen LogP contribution is -2.67. The van der Waals surface area contributed by atoms with Gasteiger partial charge < -0.3 is 9.47 Å². The lowest BCUT2D eigenvalue weighted by molar-refractivity contribution is -0.185. The number of Topliss-reactive ketones (excluding diaryl/α,β-unsaturated/α-hetero) is 1. The second-order valence-corrected chi connectivity index (χ2v) is 11.3. The lowest BCUT2D eigenvalue weighted by atomic mass is 9.52. The molecule has 1 saturated carbocycles. The molecule has 4 nitrogen and oxygen atoms in total. The first kappa shape index (κ1) is 28.9. The highest BCUT2D eigenvalue weighted by atomic mass is 35.5. The van der Waals surface area contributed by atoms with Crippen LogP contribution in [-0.4, -0.2) is 36.4 Å². The Labute approximate surface area is 200 Å². The van der Waals surface area contributed by atoms with Crippen molar-refractivity contribution in [1.29, 1.82) is 0 Å². The van der Waals surface area contributed by atoms with Crippen molar-refractivity contribution in [3.63, 3.8) is 0 Å². The minimum Gasteiger partial charge on any atom is -0.381 e. The number of carbonyl (C=O) groups excluding carboxylic acids is 2. The molecule has 0 aromatic heterocycles. The van der Waals surface area contributed by atoms with Gasteiger partial charge in [-0.1, -0.05) is 72.9 Å². The maximum absolute atomic E-state index is 14.7. The second-order valence-electron chi connectivity index (χ2n) is 10.4. The third-order valence-corrected chi connectivity index (χ3v) is 9.31. The van der Waals surface area contributed by atoms with E-state index >= 15 is 0 Å². The van der Waals surface area contributed by atoms with Gasteiger partial charge in [-0.15, -0.1) is 0 Å². The summed E-state index contributed by atoms with van der Waals surface area (Å²) in [5.74, 6) is -0.757. The topological polar surface area (TPSA) is 52.6 Å². The third-order valence-electron chi connectivity index (χ3n) is 8.36. The van der Waals surface area contributed by atoms with Gasteiger partial charge in [0.2, 0.25) is 10.3 Å². The van der Waals surface area contributed by atoms with Crippen molar-refractivity contribution in [3.8, 4) is 0 Å². The molecule has 0 radical (unpaired) electrons. The van der Waals surface area contributed by atoms with Crippen molar-refractivity contribution in [1.82, 2.24) is 0 Å². The van der Waals surface area contributed by atoms with Crippen LogP contribution in [0.3, 0.4) is 0 Å². The molecule has 0 bridgehead atoms. The van der Waals surface area contributed by atoms with Crippen molar-refractivity contribution in [2.24, 2.45) is 34.0 Å². The third kappa shape index (κ3) is 4.48. The summed E-state index contributed by atoms with van der Waals surface area (Å²) >= 11 is 13.7. The minimum absolute atomic E-state index is 0.0892. The zero-order chi connectivity index (χ0) is 24.3. The Morgan fingerprint density at radius 3 is 1.87 bits per heavy atom. The molecule has 1 fully saturated rings. The van der Waals surface area contributed by atoms with E-state index in [4.69, 9.17) is 32.7 Å². The van der Waals surface area contributed by atoms with Gasteiger partial charge in [-0.2, -0.15) is 0 Å². The van der Waals surface area contributed by atoms with Crippen LogP contribution < -0.4 is 0 Å². The Morgan fingerprint density at radius 1 is 1.03 bits per heavy atom. The van der Waals surface area contributed by atoms with Gasteiger partial charge in [-0.05, 0) is 61.0 Å². The first-order chi connectivity index (χ1) is 14.3. The van der Waals surface area contributed by atoms with Gasteiger partial charge in [0.15, 0.2) is 5.78 Å². The van der Waals surface area contributed by atoms with E-state index < -0.39 is 26.5 Å². The van der Waals surface area contributed by atoms with Crippen molar-refractivity contribution in [3.05, 3.63) is 0 Å². The molecule has 0 heterocycles. The first-order valence-corrected chi connectivity index (χ1v) is 12.6. The Morgan fingerprint density at radius 2 is 1.55 bits per heavy atom. The van der Waals surface area contributed by atoms with Gasteiger partial charge in [0.1, 0.15) is 0 Å². The monoisotopic (exact) mass is 478 g/mol. The van der Waals surface area contributed by atoms with Crippen LogP contribution >= 0.6 is 23.2 Å². The van der Waals surface area contributed by atoms with Gasteiger partial charge in [0, 0.05) is 13.7 Å². The number of ether oxygens (including phenoxy) is 2. The van der Waals surface area contributed by atoms with Crippen LogP contribution in [0.5, 0.6) is 0 Å². The van der Waals surface area contributed by atoms with Crippen LogP contribution in [0.1, 0.15) is 87.5 Å². The standard InChI is InChI=1S/C25H44Cl2O4/c1-10-22(7,8)23(17(3)4,16-31-11-2)20(28)25(27,30-9)24(18(5)6,21(26)29)19-14-12-13-15-19/h17-19H,10-16H2,1-9H3. The van der Waals surface area contributed by atoms with E-state index in [-0.39, 0.29) is 30.1 Å². The van der Waals surface area contributed by atoms with Crippen LogP contribution in [0.25, 0.3) is 0 Å². The minimum atomic E-state index is -1.89. The number of halogens is 2. The van der Waals surface area contributed by atoms with E-state index in [2.05, 4.69) is 20.8 Å². The molecular formula is C25H44Cl2O4. The molecule has 0 amide bonds. The first-order valence-electron chi connectivity index (χ1n) is 11.8. The van der Waals surface area contributed by atoms with Crippen LogP contribution in [-0.2, 0) is 19.1 Å². The Balaban J connectivity index is 3.92. The molecule has 0 aromatic carbocycles. The molecule has 1 aliphatic rings. The number of carbonyl (C=O) groups is 2. The van der Waals surface area contributed by atoms with Crippen molar-refractivity contribution in [2.75, 3.05) is 20.3 Å². The number of hydrogen-bond acceptors (Lipinski definition) is 4. The van der Waals surface area contributed by atoms with Gasteiger partial charge in [-0.3, -0.25) is 9.59 Å². The SMILES string of the molecule is CCOCC(C(=O)C(Cl)(OC)C(C(=O)Cl)(C(C)C)C1CCCC1)(C(C)C)C(C)(C)CC. The molecule has 0 N–H and O–H groups in total. The normalized spacial score (nSPS) is 21.7. The highest BCUT2D eigenvalue weighted by Gasteiger charge is 2.70. The molecule has 0 aliphatic heterocycles. The number of ketones is 1. The van der Waals surface area contributed by atoms with Crippen molar-refractivity contribution in [2.45, 2.75) is 92.6 Å². The molecule has 3 atom stereocenters. The van der Waals surface area contributed by atoms with Crippen molar-refractivity contribution >= 4 is 34.2 Å². The Hall–Kier alpha value is -0.160. The highest BCUT2D eigenvalue weighted by molar-refractivity contribution is 6.66. The summed E-state index contributed by atoms with van der Waals surface area (Å²) in [6.45, 7) is 16.7. The van der Waals surface area contributed by atoms with Crippen LogP contribution in [0, 0.1) is 34.0 Å². The molecule has 3 unspecified atom stereocenters. The maximum Gasteiger partial charge on any atom is 0.233 e. The zero-order valence-corrected chi connectivity index (χ0v) is 22.6. The number of methoxy groups -OCH3 is 1. The van der Waals surface area contributed by atoms with E-state index in [1.165, 1.54) is 7.11 Å². The quantitative estimate of drug-likeness (QED) is 0.214. The summed E-state index contributed by atoms with van der Waals surface area (Å²) in [4.78, 5) is 28.0. The van der Waals surface area contributed by atoms with Gasteiger partial charge in [0.25, 0.3) is 0 Å². The second kappa shape index (κ2) is 10.8. The zero-order valence-electron chi connectivity index (χ0n) is 21.1. The summed E-state index contributed by atoms with van der Waals surface area (Å²) in [5, 5.41) is -2.47. The van der Waals surface area contributed by atoms with Gasteiger partial charge >= 0.3 is 0 Å². The molecular weight excluding hydrogens is 435 g/mol. The van der Waals surface area contributed by atoms with Crippen LogP contribution in [0.4, 0.5) is 0 Å². The van der Waals surface area contributed by atoms with Gasteiger partial charge in [-0.25, -0.2) is 0 Å². The summed E-state index contributed by atoms with van der Waals surface area (Å²) in [6.07, 6.45) is 4.33. The molecule has 31 heavy (non-hydrogen) atoms.